The van der Waals surface area contributed by atoms with E-state index in [1.54, 1.807) is 11.9 Å². The summed E-state index contributed by atoms with van der Waals surface area (Å²) in [5.74, 6) is 1.30. The maximum atomic E-state index is 13.1. The summed E-state index contributed by atoms with van der Waals surface area (Å²) in [7, 11) is 1.70. The van der Waals surface area contributed by atoms with E-state index in [2.05, 4.69) is 23.2 Å². The number of ether oxygens (including phenoxy) is 2. The number of nitrogens with zero attached hydrogens (tertiary/aromatic N) is 2. The van der Waals surface area contributed by atoms with Gasteiger partial charge in [0.1, 0.15) is 6.04 Å². The molecule has 4 heterocycles. The molecule has 0 spiro atoms. The van der Waals surface area contributed by atoms with Crippen LogP contribution in [-0.2, 0) is 16.0 Å². The molecule has 3 aliphatic heterocycles. The molecule has 1 fully saturated rings. The molecular formula is C23H21N3O4. The van der Waals surface area contributed by atoms with E-state index in [-0.39, 0.29) is 31.2 Å². The number of aromatic amines is 1. The Hall–Kier alpha value is -3.48. The third-order valence-electron chi connectivity index (χ3n) is 6.39. The Kier molecular flexibility index (Phi) is 3.63. The summed E-state index contributed by atoms with van der Waals surface area (Å²) in [4.78, 5) is 33.1. The molecule has 7 nitrogen and oxygen atoms in total. The molecule has 1 aromatic heterocycles. The van der Waals surface area contributed by atoms with Crippen molar-refractivity contribution in [3.05, 3.63) is 57.7 Å². The molecule has 7 heteroatoms. The van der Waals surface area contributed by atoms with E-state index in [1.807, 2.05) is 24.3 Å². The second kappa shape index (κ2) is 6.26. The van der Waals surface area contributed by atoms with Crippen LogP contribution in [0.25, 0.3) is 12.2 Å². The predicted molar refractivity (Wildman–Crippen MR) is 109 cm³/mol. The molecule has 1 aliphatic carbocycles. The van der Waals surface area contributed by atoms with E-state index in [0.717, 1.165) is 33.8 Å². The Morgan fingerprint density at radius 1 is 1.17 bits per heavy atom. The van der Waals surface area contributed by atoms with E-state index >= 15 is 0 Å². The zero-order valence-corrected chi connectivity index (χ0v) is 16.6. The predicted octanol–water partition coefficient (Wildman–Crippen LogP) is 0.579. The van der Waals surface area contributed by atoms with Gasteiger partial charge in [-0.15, -0.1) is 0 Å². The molecular weight excluding hydrogens is 382 g/mol. The van der Waals surface area contributed by atoms with Gasteiger partial charge >= 0.3 is 0 Å². The van der Waals surface area contributed by atoms with Crippen molar-refractivity contribution in [3.63, 3.8) is 0 Å². The highest BCUT2D eigenvalue weighted by Crippen LogP contribution is 2.41. The lowest BCUT2D eigenvalue weighted by Gasteiger charge is -2.46. The Morgan fingerprint density at radius 2 is 2.03 bits per heavy atom. The van der Waals surface area contributed by atoms with Crippen molar-refractivity contribution >= 4 is 24.0 Å². The molecule has 2 amide bonds. The van der Waals surface area contributed by atoms with Gasteiger partial charge in [-0.05, 0) is 41.0 Å². The van der Waals surface area contributed by atoms with Gasteiger partial charge < -0.3 is 24.3 Å². The summed E-state index contributed by atoms with van der Waals surface area (Å²) in [6, 6.07) is 4.87. The fourth-order valence-corrected chi connectivity index (χ4v) is 5.00. The third kappa shape index (κ3) is 2.38. The third-order valence-corrected chi connectivity index (χ3v) is 6.39. The van der Waals surface area contributed by atoms with E-state index in [4.69, 9.17) is 9.47 Å². The van der Waals surface area contributed by atoms with E-state index in [0.29, 0.717) is 17.9 Å². The van der Waals surface area contributed by atoms with Crippen molar-refractivity contribution in [1.82, 2.24) is 14.8 Å². The number of hydrogen-bond acceptors (Lipinski definition) is 4. The van der Waals surface area contributed by atoms with Gasteiger partial charge in [0.25, 0.3) is 0 Å². The lowest BCUT2D eigenvalue weighted by atomic mass is 9.86. The maximum absolute atomic E-state index is 13.1. The lowest BCUT2D eigenvalue weighted by Crippen LogP contribution is -2.62. The highest BCUT2D eigenvalue weighted by atomic mass is 16.7. The standard InChI is InChI=1S/C23H21N3O4/c1-25-11-20(27)26-17(23(25)28)10-15-14-5-3-2-4-6-16(14)24-21(15)22(26)13-7-8-18-19(9-13)30-12-29-18/h2,4-9,17,22,24H,3,10-12H2,1H3/t17?,22-/m1/s1. The van der Waals surface area contributed by atoms with Crippen LogP contribution in [0.4, 0.5) is 0 Å². The molecule has 0 saturated carbocycles. The number of H-pyrrole nitrogens is 1. The van der Waals surface area contributed by atoms with Crippen LogP contribution in [-0.4, -0.2) is 53.0 Å². The summed E-state index contributed by atoms with van der Waals surface area (Å²) in [5.41, 5.74) is 3.00. The number of carbonyl (C=O) groups excluding carboxylic acids is 2. The van der Waals surface area contributed by atoms with Gasteiger partial charge in [-0.1, -0.05) is 24.3 Å². The Balaban J connectivity index is 1.60. The van der Waals surface area contributed by atoms with E-state index in [1.165, 1.54) is 4.90 Å². The summed E-state index contributed by atoms with van der Waals surface area (Å²) in [5, 5.41) is 2.15. The number of fused-ring (bicyclic) bond motifs is 5. The van der Waals surface area contributed by atoms with Gasteiger partial charge in [-0.2, -0.15) is 0 Å². The quantitative estimate of drug-likeness (QED) is 0.756. The lowest BCUT2D eigenvalue weighted by molar-refractivity contribution is -0.157. The summed E-state index contributed by atoms with van der Waals surface area (Å²) >= 11 is 0. The zero-order valence-electron chi connectivity index (χ0n) is 16.6. The molecule has 1 unspecified atom stereocenters. The second-order valence-corrected chi connectivity index (χ2v) is 8.11. The highest BCUT2D eigenvalue weighted by molar-refractivity contribution is 5.96. The van der Waals surface area contributed by atoms with E-state index in [9.17, 15) is 9.59 Å². The monoisotopic (exact) mass is 403 g/mol. The smallest absolute Gasteiger partial charge is 0.245 e. The summed E-state index contributed by atoms with van der Waals surface area (Å²) in [6.07, 6.45) is 9.74. The van der Waals surface area contributed by atoms with Crippen molar-refractivity contribution in [3.8, 4) is 11.5 Å². The number of amides is 2. The SMILES string of the molecule is CN1CC(=O)N2C(Cc3c([nH]c4c3=CCC=CC=4)[C@H]2c2ccc3c(c2)OCO3)C1=O. The molecule has 4 aliphatic rings. The van der Waals surface area contributed by atoms with Crippen molar-refractivity contribution in [2.75, 3.05) is 20.4 Å². The van der Waals surface area contributed by atoms with Crippen LogP contribution in [0.15, 0.2) is 30.4 Å². The van der Waals surface area contributed by atoms with E-state index < -0.39 is 6.04 Å². The molecule has 6 rings (SSSR count). The molecule has 2 aromatic rings. The molecule has 152 valence electrons. The van der Waals surface area contributed by atoms with Crippen LogP contribution in [0.1, 0.15) is 29.3 Å². The van der Waals surface area contributed by atoms with Gasteiger partial charge in [-0.25, -0.2) is 0 Å². The fourth-order valence-electron chi connectivity index (χ4n) is 5.00. The number of aromatic nitrogens is 1. The van der Waals surface area contributed by atoms with Crippen LogP contribution < -0.4 is 20.0 Å². The summed E-state index contributed by atoms with van der Waals surface area (Å²) < 4.78 is 11.0. The number of likely N-dealkylation sites (N-methyl/N-ethyl adjacent to an activating group) is 1. The molecule has 30 heavy (non-hydrogen) atoms. The van der Waals surface area contributed by atoms with Gasteiger partial charge in [0, 0.05) is 24.5 Å². The average Bonchev–Trinajstić information content (AvgIpc) is 3.27. The molecule has 1 N–H and O–H groups in total. The molecule has 0 bridgehead atoms. The summed E-state index contributed by atoms with van der Waals surface area (Å²) in [6.45, 7) is 0.281. The average molecular weight is 403 g/mol. The number of nitrogens with one attached hydrogen (secondary N) is 1. The molecule has 2 atom stereocenters. The molecule has 1 saturated heterocycles. The minimum atomic E-state index is -0.510. The van der Waals surface area contributed by atoms with Crippen LogP contribution in [0.3, 0.4) is 0 Å². The van der Waals surface area contributed by atoms with Crippen molar-refractivity contribution in [1.29, 1.82) is 0 Å². The van der Waals surface area contributed by atoms with Gasteiger partial charge in [-0.3, -0.25) is 9.59 Å². The van der Waals surface area contributed by atoms with Crippen molar-refractivity contribution in [2.45, 2.75) is 24.9 Å². The number of benzene rings is 1. The number of allylic oxidation sites excluding steroid dienone is 2. The Labute approximate surface area is 172 Å². The first-order valence-electron chi connectivity index (χ1n) is 10.2. The number of carbonyl (C=O) groups is 2. The van der Waals surface area contributed by atoms with Crippen LogP contribution in [0.2, 0.25) is 0 Å². The van der Waals surface area contributed by atoms with Crippen molar-refractivity contribution in [2.24, 2.45) is 0 Å². The first kappa shape index (κ1) is 17.4. The first-order valence-corrected chi connectivity index (χ1v) is 10.2. The van der Waals surface area contributed by atoms with Crippen LogP contribution in [0.5, 0.6) is 11.5 Å². The van der Waals surface area contributed by atoms with Crippen LogP contribution >= 0.6 is 0 Å². The largest absolute Gasteiger partial charge is 0.454 e. The fraction of sp³-hybridized carbons (Fsp3) is 0.304. The first-order chi connectivity index (χ1) is 14.6. The molecule has 0 radical (unpaired) electrons. The topological polar surface area (TPSA) is 74.9 Å². The van der Waals surface area contributed by atoms with Gasteiger partial charge in [0.2, 0.25) is 18.6 Å². The van der Waals surface area contributed by atoms with Gasteiger partial charge in [0.05, 0.1) is 12.6 Å². The van der Waals surface area contributed by atoms with Crippen LogP contribution in [0, 0.1) is 0 Å². The van der Waals surface area contributed by atoms with Crippen molar-refractivity contribution < 1.29 is 19.1 Å². The Morgan fingerprint density at radius 3 is 2.93 bits per heavy atom. The van der Waals surface area contributed by atoms with Gasteiger partial charge in [0.15, 0.2) is 11.5 Å². The minimum absolute atomic E-state index is 0.0170. The highest BCUT2D eigenvalue weighted by Gasteiger charge is 2.47. The maximum Gasteiger partial charge on any atom is 0.245 e. The second-order valence-electron chi connectivity index (χ2n) is 8.11. The Bertz CT molecular complexity index is 1240. The number of rotatable bonds is 1. The molecule has 1 aromatic carbocycles. The number of piperazine rings is 1. The minimum Gasteiger partial charge on any atom is -0.454 e. The zero-order chi connectivity index (χ0) is 20.4. The normalized spacial score (nSPS) is 23.9. The number of hydrogen-bond donors (Lipinski definition) is 1.